The van der Waals surface area contributed by atoms with Gasteiger partial charge in [-0.05, 0) is 24.3 Å². The average molecular weight is 366 g/mol. The summed E-state index contributed by atoms with van der Waals surface area (Å²) in [5, 5.41) is 4.76. The van der Waals surface area contributed by atoms with Gasteiger partial charge in [0.15, 0.2) is 17.2 Å². The molecule has 1 aliphatic rings. The number of carbonyl (C=O) groups is 2. The van der Waals surface area contributed by atoms with E-state index in [2.05, 4.69) is 16.0 Å². The number of rotatable bonds is 2. The second-order valence-electron chi connectivity index (χ2n) is 5.80. The molecule has 3 aromatic rings. The van der Waals surface area contributed by atoms with Gasteiger partial charge in [0.25, 0.3) is 17.4 Å². The highest BCUT2D eigenvalue weighted by Gasteiger charge is 2.18. The fourth-order valence-electron chi connectivity index (χ4n) is 2.75. The van der Waals surface area contributed by atoms with Crippen molar-refractivity contribution in [2.45, 2.75) is 0 Å². The quantitative estimate of drug-likeness (QED) is 0.647. The van der Waals surface area contributed by atoms with Crippen molar-refractivity contribution in [3.63, 3.8) is 0 Å². The van der Waals surface area contributed by atoms with E-state index in [-0.39, 0.29) is 23.6 Å². The molecule has 9 nitrogen and oxygen atoms in total. The zero-order valence-electron chi connectivity index (χ0n) is 14.2. The number of amides is 2. The van der Waals surface area contributed by atoms with Crippen LogP contribution in [-0.2, 0) is 7.05 Å². The maximum Gasteiger partial charge on any atom is 0.290 e. The zero-order valence-corrected chi connectivity index (χ0v) is 14.2. The Hall–Kier alpha value is -3.88. The predicted molar refractivity (Wildman–Crippen MR) is 94.5 cm³/mol. The number of hydrogen-bond donors (Lipinski definition) is 2. The summed E-state index contributed by atoms with van der Waals surface area (Å²) >= 11 is 0. The lowest BCUT2D eigenvalue weighted by atomic mass is 10.1. The lowest BCUT2D eigenvalue weighted by Gasteiger charge is -2.10. The van der Waals surface area contributed by atoms with Crippen molar-refractivity contribution in [1.82, 2.24) is 20.6 Å². The van der Waals surface area contributed by atoms with Crippen molar-refractivity contribution in [3.05, 3.63) is 64.1 Å². The van der Waals surface area contributed by atoms with E-state index in [0.717, 1.165) is 4.68 Å². The van der Waals surface area contributed by atoms with Crippen LogP contribution in [0.4, 0.5) is 0 Å². The smallest absolute Gasteiger partial charge is 0.290 e. The monoisotopic (exact) mass is 366 g/mol. The van der Waals surface area contributed by atoms with E-state index in [9.17, 15) is 14.4 Å². The molecule has 0 fully saturated rings. The van der Waals surface area contributed by atoms with E-state index in [1.54, 1.807) is 36.4 Å². The summed E-state index contributed by atoms with van der Waals surface area (Å²) in [6, 6.07) is 11.3. The minimum absolute atomic E-state index is 0.0266. The molecule has 0 radical (unpaired) electrons. The zero-order chi connectivity index (χ0) is 19.0. The third-order valence-corrected chi connectivity index (χ3v) is 4.10. The highest BCUT2D eigenvalue weighted by Crippen LogP contribution is 2.32. The fourth-order valence-corrected chi connectivity index (χ4v) is 2.75. The Bertz CT molecular complexity index is 1140. The number of hydrazine groups is 1. The Labute approximate surface area is 152 Å². The largest absolute Gasteiger partial charge is 0.454 e. The summed E-state index contributed by atoms with van der Waals surface area (Å²) in [6.07, 6.45) is 0. The van der Waals surface area contributed by atoms with Gasteiger partial charge in [0, 0.05) is 18.0 Å². The molecule has 0 atom stereocenters. The second-order valence-corrected chi connectivity index (χ2v) is 5.80. The molecule has 1 aliphatic heterocycles. The van der Waals surface area contributed by atoms with Gasteiger partial charge in [-0.15, -0.1) is 0 Å². The lowest BCUT2D eigenvalue weighted by molar-refractivity contribution is 0.0843. The number of benzene rings is 2. The van der Waals surface area contributed by atoms with Gasteiger partial charge in [0.05, 0.1) is 5.39 Å². The summed E-state index contributed by atoms with van der Waals surface area (Å²) in [6.45, 7) is 0.0998. The summed E-state index contributed by atoms with van der Waals surface area (Å²) in [4.78, 5) is 36.9. The molecule has 2 aromatic carbocycles. The van der Waals surface area contributed by atoms with E-state index in [0.29, 0.717) is 22.3 Å². The molecule has 2 heterocycles. The Kier molecular flexibility index (Phi) is 3.96. The predicted octanol–water partition coefficient (Wildman–Crippen LogP) is 0.737. The van der Waals surface area contributed by atoms with Crippen LogP contribution >= 0.6 is 0 Å². The van der Waals surface area contributed by atoms with Gasteiger partial charge in [-0.1, -0.05) is 18.2 Å². The molecular formula is C18H14N4O5. The van der Waals surface area contributed by atoms with Gasteiger partial charge in [0.2, 0.25) is 6.79 Å². The van der Waals surface area contributed by atoms with Crippen molar-refractivity contribution in [1.29, 1.82) is 0 Å². The Morgan fingerprint density at radius 2 is 1.70 bits per heavy atom. The third kappa shape index (κ3) is 2.95. The summed E-state index contributed by atoms with van der Waals surface area (Å²) in [7, 11) is 1.46. The van der Waals surface area contributed by atoms with Crippen molar-refractivity contribution in [2.24, 2.45) is 7.05 Å². The standard InChI is InChI=1S/C18H14N4O5/c1-22-18(25)12-5-3-2-4-11(12)15(21-22)17(24)20-19-16(23)10-6-7-13-14(8-10)27-9-26-13/h2-8H,9H2,1H3,(H,19,23)(H,20,24). The highest BCUT2D eigenvalue weighted by atomic mass is 16.7. The first-order valence-electron chi connectivity index (χ1n) is 8.01. The first kappa shape index (κ1) is 16.6. The van der Waals surface area contributed by atoms with Gasteiger partial charge in [-0.25, -0.2) is 4.68 Å². The summed E-state index contributed by atoms with van der Waals surface area (Å²) in [5.74, 6) is -0.164. The van der Waals surface area contributed by atoms with Crippen molar-refractivity contribution in [3.8, 4) is 11.5 Å². The van der Waals surface area contributed by atoms with Gasteiger partial charge >= 0.3 is 0 Å². The molecule has 0 bridgehead atoms. The third-order valence-electron chi connectivity index (χ3n) is 4.10. The average Bonchev–Trinajstić information content (AvgIpc) is 3.16. The minimum atomic E-state index is -0.643. The normalized spacial score (nSPS) is 12.0. The van der Waals surface area contributed by atoms with Gasteiger partial charge < -0.3 is 9.47 Å². The number of aromatic nitrogens is 2. The van der Waals surface area contributed by atoms with Crippen molar-refractivity contribution >= 4 is 22.6 Å². The molecule has 0 saturated heterocycles. The Morgan fingerprint density at radius 1 is 1.00 bits per heavy atom. The highest BCUT2D eigenvalue weighted by molar-refractivity contribution is 6.06. The first-order chi connectivity index (χ1) is 13.0. The number of nitrogens with one attached hydrogen (secondary N) is 2. The van der Waals surface area contributed by atoms with Crippen LogP contribution < -0.4 is 25.9 Å². The van der Waals surface area contributed by atoms with Crippen LogP contribution in [0.25, 0.3) is 10.8 Å². The van der Waals surface area contributed by atoms with Gasteiger partial charge in [0.1, 0.15) is 0 Å². The molecule has 1 aromatic heterocycles. The fraction of sp³-hybridized carbons (Fsp3) is 0.111. The molecule has 136 valence electrons. The van der Waals surface area contributed by atoms with Crippen LogP contribution in [0.15, 0.2) is 47.3 Å². The van der Waals surface area contributed by atoms with Crippen molar-refractivity contribution < 1.29 is 19.1 Å². The molecular weight excluding hydrogens is 352 g/mol. The number of nitrogens with zero attached hydrogens (tertiary/aromatic N) is 2. The molecule has 0 unspecified atom stereocenters. The van der Waals surface area contributed by atoms with Crippen LogP contribution in [0, 0.1) is 0 Å². The van der Waals surface area contributed by atoms with Crippen molar-refractivity contribution in [2.75, 3.05) is 6.79 Å². The number of fused-ring (bicyclic) bond motifs is 2. The van der Waals surface area contributed by atoms with Crippen LogP contribution in [0.1, 0.15) is 20.8 Å². The molecule has 0 spiro atoms. The van der Waals surface area contributed by atoms with Crippen LogP contribution in [0.2, 0.25) is 0 Å². The van der Waals surface area contributed by atoms with Gasteiger partial charge in [-0.2, -0.15) is 5.10 Å². The van der Waals surface area contributed by atoms with E-state index in [1.807, 2.05) is 0 Å². The first-order valence-corrected chi connectivity index (χ1v) is 8.01. The maximum atomic E-state index is 12.5. The number of carbonyl (C=O) groups excluding carboxylic acids is 2. The maximum absolute atomic E-state index is 12.5. The van der Waals surface area contributed by atoms with Gasteiger partial charge in [-0.3, -0.25) is 25.2 Å². The van der Waals surface area contributed by atoms with E-state index < -0.39 is 11.8 Å². The van der Waals surface area contributed by atoms with E-state index in [4.69, 9.17) is 9.47 Å². The van der Waals surface area contributed by atoms with E-state index >= 15 is 0 Å². The molecule has 9 heteroatoms. The van der Waals surface area contributed by atoms with Crippen LogP contribution in [-0.4, -0.2) is 28.4 Å². The Balaban J connectivity index is 1.55. The summed E-state index contributed by atoms with van der Waals surface area (Å²) < 4.78 is 11.5. The van der Waals surface area contributed by atoms with Crippen LogP contribution in [0.5, 0.6) is 11.5 Å². The number of ether oxygens (including phenoxy) is 2. The molecule has 2 amide bonds. The number of hydrogen-bond acceptors (Lipinski definition) is 6. The lowest BCUT2D eigenvalue weighted by Crippen LogP contribution is -2.42. The second kappa shape index (κ2) is 6.45. The number of aryl methyl sites for hydroxylation is 1. The topological polar surface area (TPSA) is 112 Å². The molecule has 2 N–H and O–H groups in total. The SMILES string of the molecule is Cn1nc(C(=O)NNC(=O)c2ccc3c(c2)OCO3)c2ccccc2c1=O. The summed E-state index contributed by atoms with van der Waals surface area (Å²) in [5.41, 5.74) is 4.64. The molecule has 27 heavy (non-hydrogen) atoms. The van der Waals surface area contributed by atoms with E-state index in [1.165, 1.54) is 13.1 Å². The minimum Gasteiger partial charge on any atom is -0.454 e. The molecule has 0 saturated carbocycles. The molecule has 0 aliphatic carbocycles. The van der Waals surface area contributed by atoms with Crippen LogP contribution in [0.3, 0.4) is 0 Å². The Morgan fingerprint density at radius 3 is 2.52 bits per heavy atom. The molecule has 4 rings (SSSR count).